The number of fused-ring (bicyclic) bond motifs is 1. The Morgan fingerprint density at radius 1 is 1.07 bits per heavy atom. The molecule has 1 heterocycles. The third-order valence-electron chi connectivity index (χ3n) is 4.58. The van der Waals surface area contributed by atoms with Crippen LogP contribution in [0.25, 0.3) is 0 Å². The van der Waals surface area contributed by atoms with Crippen LogP contribution in [0.15, 0.2) is 42.5 Å². The molecule has 3 rings (SSSR count). The van der Waals surface area contributed by atoms with Crippen LogP contribution in [0.3, 0.4) is 0 Å². The van der Waals surface area contributed by atoms with Gasteiger partial charge in [0.05, 0.1) is 0 Å². The standard InChI is InChI=1S/C24H29NO5/c1-15(28-22(27)25-23(2,3)4)18-10-7-16(8-11-18)13-17-9-12-19-20(14-17)29-24(5,6)30-21(19)26/h7-12,14-15H,13H2,1-6H3,(H,25,27)/t15-/m0/s1. The monoisotopic (exact) mass is 411 g/mol. The Kier molecular flexibility index (Phi) is 5.79. The molecule has 0 aliphatic carbocycles. The molecule has 160 valence electrons. The van der Waals surface area contributed by atoms with Gasteiger partial charge in [0.2, 0.25) is 5.79 Å². The Labute approximate surface area is 177 Å². The molecule has 0 bridgehead atoms. The fraction of sp³-hybridized carbons (Fsp3) is 0.417. The minimum absolute atomic E-state index is 0.342. The predicted molar refractivity (Wildman–Crippen MR) is 114 cm³/mol. The summed E-state index contributed by atoms with van der Waals surface area (Å²) in [7, 11) is 0. The number of ether oxygens (including phenoxy) is 3. The third-order valence-corrected chi connectivity index (χ3v) is 4.58. The highest BCUT2D eigenvalue weighted by Gasteiger charge is 2.33. The Morgan fingerprint density at radius 2 is 1.70 bits per heavy atom. The van der Waals surface area contributed by atoms with Crippen molar-refractivity contribution in [2.75, 3.05) is 0 Å². The number of nitrogens with one attached hydrogen (secondary N) is 1. The molecule has 0 unspecified atom stereocenters. The van der Waals surface area contributed by atoms with Gasteiger partial charge < -0.3 is 19.5 Å². The number of cyclic esters (lactones) is 1. The molecule has 6 heteroatoms. The first-order chi connectivity index (χ1) is 13.9. The average Bonchev–Trinajstić information content (AvgIpc) is 2.59. The summed E-state index contributed by atoms with van der Waals surface area (Å²) in [6, 6.07) is 13.5. The van der Waals surface area contributed by atoms with E-state index in [1.165, 1.54) is 0 Å². The minimum Gasteiger partial charge on any atom is -0.452 e. The van der Waals surface area contributed by atoms with Crippen molar-refractivity contribution in [3.8, 4) is 5.75 Å². The molecule has 1 aliphatic heterocycles. The van der Waals surface area contributed by atoms with Gasteiger partial charge in [-0.05, 0) is 62.9 Å². The molecule has 1 amide bonds. The van der Waals surface area contributed by atoms with Gasteiger partial charge in [-0.15, -0.1) is 0 Å². The summed E-state index contributed by atoms with van der Waals surface area (Å²) in [5.74, 6) is -0.807. The second kappa shape index (κ2) is 8.01. The predicted octanol–water partition coefficient (Wildman–Crippen LogP) is 5.15. The molecule has 0 fully saturated rings. The maximum atomic E-state index is 12.1. The zero-order chi connectivity index (χ0) is 22.1. The average molecular weight is 411 g/mol. The van der Waals surface area contributed by atoms with Crippen LogP contribution in [0.1, 0.15) is 74.7 Å². The van der Waals surface area contributed by atoms with Gasteiger partial charge in [0, 0.05) is 19.4 Å². The molecule has 30 heavy (non-hydrogen) atoms. The van der Waals surface area contributed by atoms with Gasteiger partial charge in [-0.3, -0.25) is 0 Å². The van der Waals surface area contributed by atoms with Crippen molar-refractivity contribution in [3.63, 3.8) is 0 Å². The zero-order valence-electron chi connectivity index (χ0n) is 18.4. The second-order valence-corrected chi connectivity index (χ2v) is 9.06. The Morgan fingerprint density at radius 3 is 2.33 bits per heavy atom. The van der Waals surface area contributed by atoms with Crippen molar-refractivity contribution < 1.29 is 23.8 Å². The molecule has 0 saturated carbocycles. The van der Waals surface area contributed by atoms with Crippen molar-refractivity contribution in [2.24, 2.45) is 0 Å². The fourth-order valence-electron chi connectivity index (χ4n) is 3.20. The highest BCUT2D eigenvalue weighted by molar-refractivity contribution is 5.93. The molecule has 1 N–H and O–H groups in total. The summed E-state index contributed by atoms with van der Waals surface area (Å²) in [5, 5.41) is 2.79. The van der Waals surface area contributed by atoms with E-state index in [0.29, 0.717) is 17.7 Å². The lowest BCUT2D eigenvalue weighted by Crippen LogP contribution is -2.41. The highest BCUT2D eigenvalue weighted by Crippen LogP contribution is 2.32. The fourth-order valence-corrected chi connectivity index (χ4v) is 3.20. The topological polar surface area (TPSA) is 73.9 Å². The summed E-state index contributed by atoms with van der Waals surface area (Å²) in [6.07, 6.45) is -0.104. The van der Waals surface area contributed by atoms with E-state index in [2.05, 4.69) is 5.32 Å². The molecular formula is C24H29NO5. The summed E-state index contributed by atoms with van der Waals surface area (Å²) >= 11 is 0. The van der Waals surface area contributed by atoms with E-state index in [9.17, 15) is 9.59 Å². The van der Waals surface area contributed by atoms with Crippen LogP contribution in [-0.2, 0) is 15.9 Å². The van der Waals surface area contributed by atoms with Gasteiger partial charge in [0.1, 0.15) is 17.4 Å². The van der Waals surface area contributed by atoms with Crippen LogP contribution in [-0.4, -0.2) is 23.4 Å². The lowest BCUT2D eigenvalue weighted by molar-refractivity contribution is -0.127. The summed E-state index contributed by atoms with van der Waals surface area (Å²) in [5.41, 5.74) is 3.14. The number of hydrogen-bond acceptors (Lipinski definition) is 5. The van der Waals surface area contributed by atoms with Gasteiger partial charge in [-0.2, -0.15) is 0 Å². The van der Waals surface area contributed by atoms with E-state index in [1.807, 2.05) is 64.1 Å². The van der Waals surface area contributed by atoms with Crippen molar-refractivity contribution in [3.05, 3.63) is 64.7 Å². The van der Waals surface area contributed by atoms with Gasteiger partial charge in [-0.1, -0.05) is 30.3 Å². The number of amides is 1. The second-order valence-electron chi connectivity index (χ2n) is 9.06. The molecule has 0 spiro atoms. The van der Waals surface area contributed by atoms with E-state index < -0.39 is 11.9 Å². The Bertz CT molecular complexity index is 941. The van der Waals surface area contributed by atoms with Gasteiger partial charge >= 0.3 is 12.1 Å². The Balaban J connectivity index is 1.66. The van der Waals surface area contributed by atoms with Crippen LogP contribution in [0.2, 0.25) is 0 Å². The summed E-state index contributed by atoms with van der Waals surface area (Å²) in [4.78, 5) is 24.0. The lowest BCUT2D eigenvalue weighted by atomic mass is 10.00. The lowest BCUT2D eigenvalue weighted by Gasteiger charge is -2.31. The molecule has 1 atom stereocenters. The molecule has 0 aromatic heterocycles. The normalized spacial score (nSPS) is 16.0. The summed E-state index contributed by atoms with van der Waals surface area (Å²) in [6.45, 7) is 11.0. The first-order valence-electron chi connectivity index (χ1n) is 10.0. The molecule has 1 aliphatic rings. The van der Waals surface area contributed by atoms with E-state index in [1.54, 1.807) is 19.9 Å². The van der Waals surface area contributed by atoms with Crippen molar-refractivity contribution in [2.45, 2.75) is 65.4 Å². The molecule has 0 radical (unpaired) electrons. The number of hydrogen-bond donors (Lipinski definition) is 1. The van der Waals surface area contributed by atoms with Crippen LogP contribution in [0.5, 0.6) is 5.75 Å². The van der Waals surface area contributed by atoms with E-state index in [0.717, 1.165) is 16.7 Å². The molecule has 2 aromatic rings. The first-order valence-corrected chi connectivity index (χ1v) is 10.0. The Hall–Kier alpha value is -3.02. The molecule has 6 nitrogen and oxygen atoms in total. The number of carbonyl (C=O) groups is 2. The van der Waals surface area contributed by atoms with Crippen LogP contribution in [0.4, 0.5) is 4.79 Å². The van der Waals surface area contributed by atoms with Gasteiger partial charge in [0.25, 0.3) is 0 Å². The van der Waals surface area contributed by atoms with Gasteiger partial charge in [-0.25, -0.2) is 9.59 Å². The number of esters is 1. The van der Waals surface area contributed by atoms with Gasteiger partial charge in [0.15, 0.2) is 0 Å². The van der Waals surface area contributed by atoms with Crippen molar-refractivity contribution >= 4 is 12.1 Å². The number of carbonyl (C=O) groups excluding carboxylic acids is 2. The molecule has 0 saturated heterocycles. The number of rotatable bonds is 4. The van der Waals surface area contributed by atoms with E-state index in [-0.39, 0.29) is 17.6 Å². The van der Waals surface area contributed by atoms with Crippen molar-refractivity contribution in [1.82, 2.24) is 5.32 Å². The van der Waals surface area contributed by atoms with Crippen molar-refractivity contribution in [1.29, 1.82) is 0 Å². The quantitative estimate of drug-likeness (QED) is 0.705. The van der Waals surface area contributed by atoms with E-state index in [4.69, 9.17) is 14.2 Å². The highest BCUT2D eigenvalue weighted by atomic mass is 16.7. The van der Waals surface area contributed by atoms with Crippen LogP contribution >= 0.6 is 0 Å². The van der Waals surface area contributed by atoms with E-state index >= 15 is 0 Å². The minimum atomic E-state index is -0.972. The third kappa shape index (κ3) is 5.53. The largest absolute Gasteiger partial charge is 0.452 e. The first kappa shape index (κ1) is 21.7. The van der Waals surface area contributed by atoms with Crippen LogP contribution in [0, 0.1) is 0 Å². The molecule has 2 aromatic carbocycles. The smallest absolute Gasteiger partial charge is 0.408 e. The number of benzene rings is 2. The maximum Gasteiger partial charge on any atom is 0.408 e. The maximum absolute atomic E-state index is 12.1. The van der Waals surface area contributed by atoms with Crippen LogP contribution < -0.4 is 10.1 Å². The SMILES string of the molecule is C[C@H](OC(=O)NC(C)(C)C)c1ccc(Cc2ccc3c(c2)OC(C)(C)OC3=O)cc1. The molecular weight excluding hydrogens is 382 g/mol. The zero-order valence-corrected chi connectivity index (χ0v) is 18.4. The summed E-state index contributed by atoms with van der Waals surface area (Å²) < 4.78 is 16.5. The number of alkyl carbamates (subject to hydrolysis) is 1.